The molecule has 0 radical (unpaired) electrons. The van der Waals surface area contributed by atoms with Gasteiger partial charge in [0.1, 0.15) is 5.60 Å². The van der Waals surface area contributed by atoms with Gasteiger partial charge in [-0.05, 0) is 80.5 Å². The van der Waals surface area contributed by atoms with Gasteiger partial charge in [0, 0.05) is 19.5 Å². The second-order valence-electron chi connectivity index (χ2n) is 12.4. The van der Waals surface area contributed by atoms with Gasteiger partial charge in [-0.2, -0.15) is 13.2 Å². The Morgan fingerprint density at radius 3 is 2.41 bits per heavy atom. The van der Waals surface area contributed by atoms with Crippen LogP contribution in [0.25, 0.3) is 0 Å². The number of sulfonamides is 1. The summed E-state index contributed by atoms with van der Waals surface area (Å²) >= 11 is 0. The SMILES string of the molecule is CC(C)(C)OC(=O)CCNCc1ccc2c(c1)CCC[C@H]2NC(=O)C[C@@H](NS(=O)(=O)c1cccc(C(F)(F)F)c1)c1ccccc1. The Kier molecular flexibility index (Phi) is 11.3. The van der Waals surface area contributed by atoms with Crippen LogP contribution in [0.1, 0.15) is 86.4 Å². The molecule has 0 heterocycles. The lowest BCUT2D eigenvalue weighted by Gasteiger charge is -2.28. The number of nitrogens with one attached hydrogen (secondary N) is 3. The first kappa shape index (κ1) is 35.1. The first-order valence-corrected chi connectivity index (χ1v) is 16.7. The molecular weight excluding hydrogens is 619 g/mol. The molecule has 0 fully saturated rings. The molecule has 0 saturated heterocycles. The molecule has 8 nitrogen and oxygen atoms in total. The Labute approximate surface area is 268 Å². The zero-order valence-corrected chi connectivity index (χ0v) is 26.9. The number of rotatable bonds is 12. The molecule has 1 aliphatic rings. The summed E-state index contributed by atoms with van der Waals surface area (Å²) in [5.74, 6) is -0.659. The smallest absolute Gasteiger partial charge is 0.416 e. The third-order valence-corrected chi connectivity index (χ3v) is 8.94. The van der Waals surface area contributed by atoms with Gasteiger partial charge in [-0.25, -0.2) is 13.1 Å². The number of carbonyl (C=O) groups is 2. The van der Waals surface area contributed by atoms with Crippen molar-refractivity contribution in [2.45, 2.75) is 88.2 Å². The molecule has 4 rings (SSSR count). The number of hydrogen-bond acceptors (Lipinski definition) is 6. The Balaban J connectivity index is 1.41. The summed E-state index contributed by atoms with van der Waals surface area (Å²) in [4.78, 5) is 24.8. The molecule has 1 aliphatic carbocycles. The van der Waals surface area contributed by atoms with E-state index >= 15 is 0 Å². The minimum absolute atomic E-state index is 0.256. The van der Waals surface area contributed by atoms with Crippen molar-refractivity contribution >= 4 is 21.9 Å². The van der Waals surface area contributed by atoms with Crippen LogP contribution in [0.5, 0.6) is 0 Å². The van der Waals surface area contributed by atoms with Crippen molar-refractivity contribution < 1.29 is 35.9 Å². The van der Waals surface area contributed by atoms with E-state index in [1.165, 1.54) is 0 Å². The second-order valence-corrected chi connectivity index (χ2v) is 14.1. The third kappa shape index (κ3) is 10.1. The molecule has 2 atom stereocenters. The highest BCUT2D eigenvalue weighted by molar-refractivity contribution is 7.89. The first-order chi connectivity index (χ1) is 21.6. The molecule has 0 spiro atoms. The highest BCUT2D eigenvalue weighted by Crippen LogP contribution is 2.32. The van der Waals surface area contributed by atoms with Crippen molar-refractivity contribution in [3.05, 3.63) is 101 Å². The van der Waals surface area contributed by atoms with Gasteiger partial charge in [-0.3, -0.25) is 9.59 Å². The van der Waals surface area contributed by atoms with Gasteiger partial charge in [0.2, 0.25) is 15.9 Å². The Morgan fingerprint density at radius 2 is 1.72 bits per heavy atom. The molecule has 0 saturated carbocycles. The molecule has 248 valence electrons. The van der Waals surface area contributed by atoms with Crippen molar-refractivity contribution in [2.24, 2.45) is 0 Å². The van der Waals surface area contributed by atoms with E-state index in [9.17, 15) is 31.2 Å². The van der Waals surface area contributed by atoms with Crippen molar-refractivity contribution in [3.8, 4) is 0 Å². The van der Waals surface area contributed by atoms with Gasteiger partial charge in [-0.15, -0.1) is 0 Å². The Morgan fingerprint density at radius 1 is 0.978 bits per heavy atom. The van der Waals surface area contributed by atoms with Crippen molar-refractivity contribution in [2.75, 3.05) is 6.54 Å². The van der Waals surface area contributed by atoms with Crippen LogP contribution in [0, 0.1) is 0 Å². The van der Waals surface area contributed by atoms with Crippen LogP contribution in [0.15, 0.2) is 77.7 Å². The first-order valence-electron chi connectivity index (χ1n) is 15.2. The quantitative estimate of drug-likeness (QED) is 0.159. The summed E-state index contributed by atoms with van der Waals surface area (Å²) < 4.78 is 74.0. The minimum Gasteiger partial charge on any atom is -0.460 e. The maximum absolute atomic E-state index is 13.4. The van der Waals surface area contributed by atoms with Crippen LogP contribution in [0.3, 0.4) is 0 Å². The average molecular weight is 660 g/mol. The summed E-state index contributed by atoms with van der Waals surface area (Å²) in [6, 6.07) is 16.7. The highest BCUT2D eigenvalue weighted by atomic mass is 32.2. The number of benzene rings is 3. The zero-order chi connectivity index (χ0) is 33.5. The summed E-state index contributed by atoms with van der Waals surface area (Å²) in [5.41, 5.74) is 2.03. The summed E-state index contributed by atoms with van der Waals surface area (Å²) in [6.07, 6.45) is -2.31. The molecule has 12 heteroatoms. The maximum atomic E-state index is 13.4. The van der Waals surface area contributed by atoms with Crippen molar-refractivity contribution in [1.29, 1.82) is 0 Å². The van der Waals surface area contributed by atoms with Crippen molar-refractivity contribution in [1.82, 2.24) is 15.4 Å². The highest BCUT2D eigenvalue weighted by Gasteiger charge is 2.33. The van der Waals surface area contributed by atoms with E-state index in [1.807, 2.05) is 32.9 Å². The Bertz CT molecular complexity index is 1620. The van der Waals surface area contributed by atoms with Gasteiger partial charge >= 0.3 is 12.1 Å². The molecule has 0 aromatic heterocycles. The Hall–Kier alpha value is -3.74. The standard InChI is InChI=1S/C34H40F3N3O5S/c1-33(2,3)45-32(42)17-18-38-22-23-15-16-28-25(19-23)11-7-14-29(28)39-31(41)21-30(24-9-5-4-6-10-24)40-46(43,44)27-13-8-12-26(20-27)34(35,36)37/h4-6,8-10,12-13,15-16,19-20,29-30,38,40H,7,11,14,17-18,21-22H2,1-3H3,(H,39,41)/t29-,30-/m1/s1. The van der Waals surface area contributed by atoms with E-state index in [4.69, 9.17) is 4.74 Å². The van der Waals surface area contributed by atoms with E-state index < -0.39 is 44.2 Å². The molecule has 0 unspecified atom stereocenters. The van der Waals surface area contributed by atoms with Gasteiger partial charge in [0.05, 0.1) is 29.0 Å². The number of amides is 1. The number of fused-ring (bicyclic) bond motifs is 1. The fourth-order valence-corrected chi connectivity index (χ4v) is 6.66. The molecule has 3 aromatic carbocycles. The van der Waals surface area contributed by atoms with Crippen LogP contribution in [-0.2, 0) is 43.5 Å². The summed E-state index contributed by atoms with van der Waals surface area (Å²) in [7, 11) is -4.41. The van der Waals surface area contributed by atoms with Gasteiger partial charge in [0.25, 0.3) is 0 Å². The zero-order valence-electron chi connectivity index (χ0n) is 26.1. The second kappa shape index (κ2) is 14.8. The van der Waals surface area contributed by atoms with Gasteiger partial charge < -0.3 is 15.4 Å². The molecule has 0 bridgehead atoms. The van der Waals surface area contributed by atoms with Crippen LogP contribution in [0.2, 0.25) is 0 Å². The third-order valence-electron chi connectivity index (χ3n) is 7.47. The van der Waals surface area contributed by atoms with E-state index in [0.29, 0.717) is 31.1 Å². The molecule has 0 aliphatic heterocycles. The predicted octanol–water partition coefficient (Wildman–Crippen LogP) is 6.13. The summed E-state index contributed by atoms with van der Waals surface area (Å²) in [6.45, 7) is 6.53. The van der Waals surface area contributed by atoms with E-state index in [-0.39, 0.29) is 24.9 Å². The lowest BCUT2D eigenvalue weighted by atomic mass is 9.86. The number of hydrogen-bond donors (Lipinski definition) is 3. The fraction of sp³-hybridized carbons (Fsp3) is 0.412. The van der Waals surface area contributed by atoms with Crippen LogP contribution in [0.4, 0.5) is 13.2 Å². The number of halogens is 3. The average Bonchev–Trinajstić information content (AvgIpc) is 2.98. The molecule has 46 heavy (non-hydrogen) atoms. The number of aryl methyl sites for hydroxylation is 1. The normalized spacial score (nSPS) is 15.9. The lowest BCUT2D eigenvalue weighted by Crippen LogP contribution is -2.36. The minimum atomic E-state index is -4.71. The van der Waals surface area contributed by atoms with Crippen LogP contribution < -0.4 is 15.4 Å². The van der Waals surface area contributed by atoms with Gasteiger partial charge in [0.15, 0.2) is 0 Å². The van der Waals surface area contributed by atoms with E-state index in [0.717, 1.165) is 47.7 Å². The summed E-state index contributed by atoms with van der Waals surface area (Å²) in [5, 5.41) is 6.31. The number of carbonyl (C=O) groups excluding carboxylic acids is 2. The van der Waals surface area contributed by atoms with E-state index in [1.54, 1.807) is 30.3 Å². The molecule has 3 aromatic rings. The number of esters is 1. The number of ether oxygens (including phenoxy) is 1. The monoisotopic (exact) mass is 659 g/mol. The fourth-order valence-electron chi connectivity index (χ4n) is 5.39. The molecule has 3 N–H and O–H groups in total. The maximum Gasteiger partial charge on any atom is 0.416 e. The van der Waals surface area contributed by atoms with Crippen molar-refractivity contribution in [3.63, 3.8) is 0 Å². The number of alkyl halides is 3. The topological polar surface area (TPSA) is 114 Å². The molecular formula is C34H40F3N3O5S. The lowest BCUT2D eigenvalue weighted by molar-refractivity contribution is -0.154. The predicted molar refractivity (Wildman–Crippen MR) is 168 cm³/mol. The molecule has 1 amide bonds. The van der Waals surface area contributed by atoms with Crippen LogP contribution in [-0.4, -0.2) is 32.4 Å². The van der Waals surface area contributed by atoms with E-state index in [2.05, 4.69) is 21.4 Å². The van der Waals surface area contributed by atoms with Gasteiger partial charge in [-0.1, -0.05) is 54.6 Å². The van der Waals surface area contributed by atoms with Crippen LogP contribution >= 0.6 is 0 Å². The largest absolute Gasteiger partial charge is 0.460 e.